The topological polar surface area (TPSA) is 62.3 Å². The van der Waals surface area contributed by atoms with Gasteiger partial charge in [-0.25, -0.2) is 4.98 Å². The van der Waals surface area contributed by atoms with Crippen LogP contribution in [0.15, 0.2) is 12.7 Å². The summed E-state index contributed by atoms with van der Waals surface area (Å²) in [6.45, 7) is 6.60. The van der Waals surface area contributed by atoms with Crippen molar-refractivity contribution < 1.29 is 9.59 Å². The molecule has 2 amide bonds. The standard InChI is InChI=1S/C12H15N3O2S/c1-3-11(16)13-6-12(17)15-5-4-9-10(7-15)18-8(2)14-9/h3H,1,4-7H2,2H3,(H,13,16). The van der Waals surface area contributed by atoms with Crippen LogP contribution in [0.4, 0.5) is 0 Å². The van der Waals surface area contributed by atoms with Crippen molar-refractivity contribution in [3.05, 3.63) is 28.2 Å². The number of hydrogen-bond donors (Lipinski definition) is 1. The fraction of sp³-hybridized carbons (Fsp3) is 0.417. The normalized spacial score (nSPS) is 13.9. The minimum atomic E-state index is -0.324. The van der Waals surface area contributed by atoms with Gasteiger partial charge < -0.3 is 10.2 Å². The van der Waals surface area contributed by atoms with E-state index in [1.165, 1.54) is 0 Å². The molecule has 1 aliphatic rings. The van der Waals surface area contributed by atoms with E-state index in [9.17, 15) is 9.59 Å². The molecule has 0 saturated heterocycles. The van der Waals surface area contributed by atoms with Gasteiger partial charge >= 0.3 is 0 Å². The molecule has 2 heterocycles. The van der Waals surface area contributed by atoms with Gasteiger partial charge in [0, 0.05) is 17.8 Å². The van der Waals surface area contributed by atoms with E-state index in [4.69, 9.17) is 0 Å². The Bertz CT molecular complexity index is 496. The maximum Gasteiger partial charge on any atom is 0.243 e. The number of carbonyl (C=O) groups excluding carboxylic acids is 2. The molecule has 0 aliphatic carbocycles. The van der Waals surface area contributed by atoms with E-state index in [1.807, 2.05) is 6.92 Å². The van der Waals surface area contributed by atoms with E-state index >= 15 is 0 Å². The highest BCUT2D eigenvalue weighted by atomic mass is 32.1. The van der Waals surface area contributed by atoms with Gasteiger partial charge in [0.25, 0.3) is 0 Å². The second-order valence-electron chi connectivity index (χ2n) is 4.09. The highest BCUT2D eigenvalue weighted by molar-refractivity contribution is 7.11. The first-order valence-electron chi connectivity index (χ1n) is 5.73. The molecule has 1 aromatic heterocycles. The third-order valence-corrected chi connectivity index (χ3v) is 3.79. The summed E-state index contributed by atoms with van der Waals surface area (Å²) in [5.41, 5.74) is 1.11. The Morgan fingerprint density at radius 3 is 3.11 bits per heavy atom. The lowest BCUT2D eigenvalue weighted by atomic mass is 10.2. The van der Waals surface area contributed by atoms with E-state index in [0.717, 1.165) is 28.1 Å². The van der Waals surface area contributed by atoms with Gasteiger partial charge in [0.15, 0.2) is 0 Å². The lowest BCUT2D eigenvalue weighted by molar-refractivity contribution is -0.132. The quantitative estimate of drug-likeness (QED) is 0.816. The highest BCUT2D eigenvalue weighted by Crippen LogP contribution is 2.24. The zero-order chi connectivity index (χ0) is 13.1. The van der Waals surface area contributed by atoms with Crippen molar-refractivity contribution in [3.8, 4) is 0 Å². The average Bonchev–Trinajstić information content (AvgIpc) is 2.74. The monoisotopic (exact) mass is 265 g/mol. The minimum Gasteiger partial charge on any atom is -0.343 e. The average molecular weight is 265 g/mol. The number of nitrogens with one attached hydrogen (secondary N) is 1. The van der Waals surface area contributed by atoms with Crippen molar-refractivity contribution in [1.29, 1.82) is 0 Å². The first-order valence-corrected chi connectivity index (χ1v) is 6.55. The Hall–Kier alpha value is -1.69. The fourth-order valence-corrected chi connectivity index (χ4v) is 2.88. The molecule has 0 unspecified atom stereocenters. The number of carbonyl (C=O) groups is 2. The van der Waals surface area contributed by atoms with Gasteiger partial charge in [-0.05, 0) is 13.0 Å². The zero-order valence-corrected chi connectivity index (χ0v) is 11.0. The van der Waals surface area contributed by atoms with Crippen LogP contribution in [-0.2, 0) is 22.6 Å². The summed E-state index contributed by atoms with van der Waals surface area (Å²) in [6.07, 6.45) is 1.95. The van der Waals surface area contributed by atoms with Crippen LogP contribution in [0.3, 0.4) is 0 Å². The maximum absolute atomic E-state index is 11.9. The molecule has 6 heteroatoms. The van der Waals surface area contributed by atoms with Crippen LogP contribution in [-0.4, -0.2) is 34.8 Å². The van der Waals surface area contributed by atoms with E-state index in [1.54, 1.807) is 16.2 Å². The predicted molar refractivity (Wildman–Crippen MR) is 69.2 cm³/mol. The highest BCUT2D eigenvalue weighted by Gasteiger charge is 2.23. The third kappa shape index (κ3) is 2.76. The van der Waals surface area contributed by atoms with Crippen molar-refractivity contribution in [3.63, 3.8) is 0 Å². The first-order chi connectivity index (χ1) is 8.60. The zero-order valence-electron chi connectivity index (χ0n) is 10.2. The van der Waals surface area contributed by atoms with E-state index in [0.29, 0.717) is 13.1 Å². The van der Waals surface area contributed by atoms with Crippen molar-refractivity contribution in [1.82, 2.24) is 15.2 Å². The van der Waals surface area contributed by atoms with Crippen molar-refractivity contribution in [2.45, 2.75) is 19.9 Å². The smallest absolute Gasteiger partial charge is 0.243 e. The van der Waals surface area contributed by atoms with Crippen molar-refractivity contribution in [2.24, 2.45) is 0 Å². The molecule has 0 saturated carbocycles. The van der Waals surface area contributed by atoms with Gasteiger partial charge in [0.2, 0.25) is 11.8 Å². The molecule has 5 nitrogen and oxygen atoms in total. The number of aryl methyl sites for hydroxylation is 1. The Kier molecular flexibility index (Phi) is 3.76. The number of fused-ring (bicyclic) bond motifs is 1. The Balaban J connectivity index is 1.94. The summed E-state index contributed by atoms with van der Waals surface area (Å²) in [5.74, 6) is -0.392. The predicted octanol–water partition coefficient (Wildman–Crippen LogP) is 0.638. The molecule has 18 heavy (non-hydrogen) atoms. The molecule has 1 aromatic rings. The van der Waals surface area contributed by atoms with Gasteiger partial charge in [0.05, 0.1) is 23.8 Å². The molecule has 0 spiro atoms. The van der Waals surface area contributed by atoms with E-state index < -0.39 is 0 Å². The summed E-state index contributed by atoms with van der Waals surface area (Å²) in [5, 5.41) is 3.53. The second-order valence-corrected chi connectivity index (χ2v) is 5.38. The number of rotatable bonds is 3. The number of hydrogen-bond acceptors (Lipinski definition) is 4. The van der Waals surface area contributed by atoms with Crippen LogP contribution in [0.25, 0.3) is 0 Å². The molecular weight excluding hydrogens is 250 g/mol. The van der Waals surface area contributed by atoms with Crippen LogP contribution in [0.5, 0.6) is 0 Å². The van der Waals surface area contributed by atoms with E-state index in [2.05, 4.69) is 16.9 Å². The van der Waals surface area contributed by atoms with Crippen LogP contribution >= 0.6 is 11.3 Å². The van der Waals surface area contributed by atoms with Crippen molar-refractivity contribution in [2.75, 3.05) is 13.1 Å². The van der Waals surface area contributed by atoms with Gasteiger partial charge in [-0.15, -0.1) is 11.3 Å². The summed E-state index contributed by atoms with van der Waals surface area (Å²) in [6, 6.07) is 0. The minimum absolute atomic E-state index is 0.0258. The van der Waals surface area contributed by atoms with Gasteiger partial charge in [-0.3, -0.25) is 9.59 Å². The summed E-state index contributed by atoms with van der Waals surface area (Å²) in [4.78, 5) is 30.2. The maximum atomic E-state index is 11.9. The molecular formula is C12H15N3O2S. The lowest BCUT2D eigenvalue weighted by Gasteiger charge is -2.26. The number of nitrogens with zero attached hydrogens (tertiary/aromatic N) is 2. The summed E-state index contributed by atoms with van der Waals surface area (Å²) < 4.78 is 0. The first kappa shape index (κ1) is 12.8. The lowest BCUT2D eigenvalue weighted by Crippen LogP contribution is -2.42. The third-order valence-electron chi connectivity index (χ3n) is 2.79. The number of thiazole rings is 1. The Labute approximate surface area is 110 Å². The number of aromatic nitrogens is 1. The Morgan fingerprint density at radius 1 is 1.61 bits per heavy atom. The molecule has 0 atom stereocenters. The van der Waals surface area contributed by atoms with Gasteiger partial charge in [0.1, 0.15) is 0 Å². The fourth-order valence-electron chi connectivity index (χ4n) is 1.88. The molecule has 0 fully saturated rings. The summed E-state index contributed by atoms with van der Waals surface area (Å²) >= 11 is 1.63. The van der Waals surface area contributed by atoms with Gasteiger partial charge in [-0.2, -0.15) is 0 Å². The van der Waals surface area contributed by atoms with Gasteiger partial charge in [-0.1, -0.05) is 6.58 Å². The largest absolute Gasteiger partial charge is 0.343 e. The Morgan fingerprint density at radius 2 is 2.39 bits per heavy atom. The number of amides is 2. The van der Waals surface area contributed by atoms with Crippen LogP contribution in [0, 0.1) is 6.92 Å². The van der Waals surface area contributed by atoms with Crippen LogP contribution in [0.1, 0.15) is 15.6 Å². The van der Waals surface area contributed by atoms with Crippen LogP contribution < -0.4 is 5.32 Å². The molecule has 1 N–H and O–H groups in total. The second kappa shape index (κ2) is 5.30. The van der Waals surface area contributed by atoms with Crippen molar-refractivity contribution >= 4 is 23.2 Å². The molecule has 0 aromatic carbocycles. The molecule has 96 valence electrons. The van der Waals surface area contributed by atoms with E-state index in [-0.39, 0.29) is 18.4 Å². The molecule has 2 rings (SSSR count). The SMILES string of the molecule is C=CC(=O)NCC(=O)N1CCc2nc(C)sc2C1. The van der Waals surface area contributed by atoms with Crippen LogP contribution in [0.2, 0.25) is 0 Å². The molecule has 0 radical (unpaired) electrons. The molecule has 0 bridgehead atoms. The molecule has 1 aliphatic heterocycles. The summed E-state index contributed by atoms with van der Waals surface area (Å²) in [7, 11) is 0.